The fourth-order valence-corrected chi connectivity index (χ4v) is 12.5. The first kappa shape index (κ1) is 53.9. The minimum Gasteiger partial charge on any atom is -0.311 e. The van der Waals surface area contributed by atoms with E-state index in [1.807, 2.05) is 123 Å². The summed E-state index contributed by atoms with van der Waals surface area (Å²) < 4.78 is 128. The Hall–Kier alpha value is -10.8. The molecule has 0 atom stereocenters. The predicted molar refractivity (Wildman–Crippen MR) is 335 cm³/mol. The van der Waals surface area contributed by atoms with Gasteiger partial charge in [-0.15, -0.1) is 0 Å². The van der Waals surface area contributed by atoms with Crippen molar-refractivity contribution in [2.45, 2.75) is 18.5 Å². The molecule has 0 radical (unpaired) electrons. The number of alkyl halides is 9. The summed E-state index contributed by atoms with van der Waals surface area (Å²) in [4.78, 5) is 2.18. The van der Waals surface area contributed by atoms with E-state index in [9.17, 15) is 39.5 Å². The van der Waals surface area contributed by atoms with Crippen LogP contribution in [0.4, 0.5) is 56.6 Å². The third-order valence-corrected chi connectivity index (χ3v) is 16.8. The van der Waals surface area contributed by atoms with Crippen molar-refractivity contribution >= 4 is 82.5 Å². The second-order valence-corrected chi connectivity index (χ2v) is 21.9. The van der Waals surface area contributed by atoms with Gasteiger partial charge in [0.2, 0.25) is 0 Å². The van der Waals surface area contributed by atoms with E-state index in [1.54, 1.807) is 0 Å². The number of hydrogen-bond donors (Lipinski definition) is 0. The first-order valence-corrected chi connectivity index (χ1v) is 28.3. The van der Waals surface area contributed by atoms with Gasteiger partial charge in [0.25, 0.3) is 0 Å². The van der Waals surface area contributed by atoms with Crippen LogP contribution in [0.2, 0.25) is 0 Å². The van der Waals surface area contributed by atoms with Crippen molar-refractivity contribution in [3.8, 4) is 50.4 Å². The number of aromatic nitrogens is 3. The summed E-state index contributed by atoms with van der Waals surface area (Å²) in [5.41, 5.74) is 13.2. The maximum atomic E-state index is 13.6. The van der Waals surface area contributed by atoms with Crippen molar-refractivity contribution in [3.05, 3.63) is 290 Å². The fraction of sp³-hybridized carbons (Fsp3) is 0.0400. The highest BCUT2D eigenvalue weighted by Crippen LogP contribution is 2.43. The Kier molecular flexibility index (Phi) is 12.5. The summed E-state index contributed by atoms with van der Waals surface area (Å²) in [5, 5.41) is 5.74. The topological polar surface area (TPSA) is 18.0 Å². The van der Waals surface area contributed by atoms with Crippen LogP contribution in [0.1, 0.15) is 16.7 Å². The lowest BCUT2D eigenvalue weighted by Crippen LogP contribution is -2.09. The highest BCUT2D eigenvalue weighted by Gasteiger charge is 2.32. The van der Waals surface area contributed by atoms with Gasteiger partial charge in [-0.1, -0.05) is 109 Å². The Balaban J connectivity index is 0.796. The molecule has 0 aliphatic carbocycles. The van der Waals surface area contributed by atoms with Crippen LogP contribution < -0.4 is 4.90 Å². The van der Waals surface area contributed by atoms with Crippen LogP contribution in [0.25, 0.3) is 116 Å². The Bertz CT molecular complexity index is 4650. The van der Waals surface area contributed by atoms with Crippen molar-refractivity contribution in [2.24, 2.45) is 0 Å². The molecule has 88 heavy (non-hydrogen) atoms. The molecule has 13 heteroatoms. The normalized spacial score (nSPS) is 12.4. The Morgan fingerprint density at radius 2 is 0.443 bits per heavy atom. The highest BCUT2D eigenvalue weighted by molar-refractivity contribution is 6.13. The molecule has 15 aromatic rings. The summed E-state index contributed by atoms with van der Waals surface area (Å²) >= 11 is 0. The molecule has 4 nitrogen and oxygen atoms in total. The standard InChI is InChI=1S/C75H45F9N4/c76-73(77,78)52-22-34-58(35-23-52)86-67-10-4-1-7-61(67)64-43-49(19-40-70(64)86)46-13-28-55(29-14-46)85(56-30-15-47(16-31-56)50-20-41-71-65(44-50)62-8-2-5-11-68(62)87(71)59-36-24-53(25-37-59)74(79,80)81)57-32-17-48(18-33-57)51-21-42-72-66(45-51)63-9-3-6-12-69(63)88(72)60-38-26-54(27-39-60)75(82,83)84/h1-45H. The van der Waals surface area contributed by atoms with Crippen molar-refractivity contribution in [1.29, 1.82) is 0 Å². The number of benzene rings is 12. The van der Waals surface area contributed by atoms with Gasteiger partial charge >= 0.3 is 18.5 Å². The van der Waals surface area contributed by atoms with Crippen LogP contribution in [-0.2, 0) is 18.5 Å². The molecule has 3 heterocycles. The van der Waals surface area contributed by atoms with E-state index in [0.717, 1.165) is 152 Å². The van der Waals surface area contributed by atoms with Crippen LogP contribution in [0.3, 0.4) is 0 Å². The van der Waals surface area contributed by atoms with Gasteiger partial charge in [0.1, 0.15) is 0 Å². The molecule has 0 spiro atoms. The quantitative estimate of drug-likeness (QED) is 0.132. The first-order valence-electron chi connectivity index (χ1n) is 28.3. The zero-order valence-electron chi connectivity index (χ0n) is 46.2. The number of halogens is 9. The third kappa shape index (κ3) is 9.28. The van der Waals surface area contributed by atoms with Gasteiger partial charge in [-0.3, -0.25) is 0 Å². The lowest BCUT2D eigenvalue weighted by molar-refractivity contribution is -0.138. The number of anilines is 3. The van der Waals surface area contributed by atoms with Gasteiger partial charge in [0, 0.05) is 66.4 Å². The van der Waals surface area contributed by atoms with E-state index in [1.165, 1.54) is 36.4 Å². The van der Waals surface area contributed by atoms with Gasteiger partial charge in [-0.2, -0.15) is 39.5 Å². The Morgan fingerprint density at radius 1 is 0.216 bits per heavy atom. The monoisotopic (exact) mass is 1170 g/mol. The molecular weight excluding hydrogens is 1130 g/mol. The summed E-state index contributed by atoms with van der Waals surface area (Å²) in [6, 6.07) is 82.6. The minimum atomic E-state index is -4.46. The van der Waals surface area contributed by atoms with Crippen LogP contribution in [-0.4, -0.2) is 13.7 Å². The van der Waals surface area contributed by atoms with E-state index < -0.39 is 35.2 Å². The van der Waals surface area contributed by atoms with Crippen molar-refractivity contribution in [2.75, 3.05) is 4.90 Å². The van der Waals surface area contributed by atoms with E-state index in [-0.39, 0.29) is 0 Å². The summed E-state index contributed by atoms with van der Waals surface area (Å²) in [5.74, 6) is 0. The molecule has 0 fully saturated rings. The number of para-hydroxylation sites is 3. The van der Waals surface area contributed by atoms with Crippen molar-refractivity contribution in [1.82, 2.24) is 13.7 Å². The SMILES string of the molecule is FC(F)(F)c1ccc(-n2c3ccccc3c3cc(-c4ccc(N(c5ccc(-c6ccc7c(c6)c6ccccc6n7-c6ccc(C(F)(F)F)cc6)cc5)c5ccc(-c6ccc7c(c6)c6ccccc6n7-c6ccc(C(F)(F)F)cc6)cc5)cc4)ccc32)cc1. The predicted octanol–water partition coefficient (Wildman–Crippen LogP) is 22.5. The van der Waals surface area contributed by atoms with Gasteiger partial charge in [0.15, 0.2) is 0 Å². The molecule has 0 bridgehead atoms. The van der Waals surface area contributed by atoms with Gasteiger partial charge < -0.3 is 18.6 Å². The van der Waals surface area contributed by atoms with E-state index in [0.29, 0.717) is 17.1 Å². The number of rotatable bonds is 9. The van der Waals surface area contributed by atoms with Crippen LogP contribution in [0.15, 0.2) is 273 Å². The molecule has 12 aromatic carbocycles. The van der Waals surface area contributed by atoms with E-state index in [2.05, 4.69) is 95.9 Å². The Labute approximate surface area is 497 Å². The van der Waals surface area contributed by atoms with E-state index >= 15 is 0 Å². The summed E-state index contributed by atoms with van der Waals surface area (Å²) in [6.07, 6.45) is -13.4. The molecule has 0 saturated heterocycles. The second kappa shape index (κ2) is 20.4. The number of hydrogen-bond acceptors (Lipinski definition) is 1. The lowest BCUT2D eigenvalue weighted by atomic mass is 10.0. The number of fused-ring (bicyclic) bond motifs is 9. The average Bonchev–Trinajstić information content (AvgIpc) is 1.76. The van der Waals surface area contributed by atoms with Gasteiger partial charge in [-0.25, -0.2) is 0 Å². The van der Waals surface area contributed by atoms with E-state index in [4.69, 9.17) is 0 Å². The fourth-order valence-electron chi connectivity index (χ4n) is 12.5. The lowest BCUT2D eigenvalue weighted by Gasteiger charge is -2.26. The molecule has 0 unspecified atom stereocenters. The maximum absolute atomic E-state index is 13.6. The molecule has 15 rings (SSSR count). The summed E-state index contributed by atoms with van der Waals surface area (Å²) in [7, 11) is 0. The average molecular weight is 1170 g/mol. The molecule has 0 saturated carbocycles. The molecule has 0 amide bonds. The molecule has 3 aromatic heterocycles. The van der Waals surface area contributed by atoms with Gasteiger partial charge in [-0.05, 0) is 197 Å². The van der Waals surface area contributed by atoms with Crippen LogP contribution in [0, 0.1) is 0 Å². The molecule has 0 N–H and O–H groups in total. The minimum absolute atomic E-state index is 0.617. The molecule has 0 aliphatic rings. The highest BCUT2D eigenvalue weighted by atomic mass is 19.4. The van der Waals surface area contributed by atoms with Crippen LogP contribution >= 0.6 is 0 Å². The smallest absolute Gasteiger partial charge is 0.311 e. The third-order valence-electron chi connectivity index (χ3n) is 16.8. The molecule has 0 aliphatic heterocycles. The first-order chi connectivity index (χ1) is 42.5. The largest absolute Gasteiger partial charge is 0.416 e. The second-order valence-electron chi connectivity index (χ2n) is 21.9. The zero-order valence-corrected chi connectivity index (χ0v) is 46.2. The maximum Gasteiger partial charge on any atom is 0.416 e. The Morgan fingerprint density at radius 3 is 0.693 bits per heavy atom. The van der Waals surface area contributed by atoms with Crippen LogP contribution in [0.5, 0.6) is 0 Å². The molecule has 428 valence electrons. The van der Waals surface area contributed by atoms with Gasteiger partial charge in [0.05, 0.1) is 49.8 Å². The molecular formula is C75H45F9N4. The van der Waals surface area contributed by atoms with Crippen molar-refractivity contribution < 1.29 is 39.5 Å². The number of nitrogens with zero attached hydrogens (tertiary/aromatic N) is 4. The summed E-state index contributed by atoms with van der Waals surface area (Å²) in [6.45, 7) is 0. The van der Waals surface area contributed by atoms with Crippen molar-refractivity contribution in [3.63, 3.8) is 0 Å². The zero-order chi connectivity index (χ0) is 60.2.